The number of halogens is 3. The third-order valence-corrected chi connectivity index (χ3v) is 6.34. The summed E-state index contributed by atoms with van der Waals surface area (Å²) >= 11 is 0. The molecule has 0 aliphatic carbocycles. The molecule has 0 spiro atoms. The maximum atomic E-state index is 12.9. The minimum Gasteiger partial charge on any atom is -0.496 e. The molecule has 6 nitrogen and oxygen atoms in total. The van der Waals surface area contributed by atoms with Gasteiger partial charge in [0.05, 0.1) is 17.6 Å². The van der Waals surface area contributed by atoms with E-state index in [0.717, 1.165) is 12.1 Å². The maximum absolute atomic E-state index is 12.9. The summed E-state index contributed by atoms with van der Waals surface area (Å²) < 4.78 is 72.7. The molecule has 32 heavy (non-hydrogen) atoms. The topological polar surface area (TPSA) is 77.4 Å². The molecule has 0 aliphatic heterocycles. The first kappa shape index (κ1) is 23.6. The Morgan fingerprint density at radius 1 is 1.00 bits per heavy atom. The predicted molar refractivity (Wildman–Crippen MR) is 114 cm³/mol. The van der Waals surface area contributed by atoms with Crippen LogP contribution < -0.4 is 15.0 Å². The number of sulfonamides is 1. The summed E-state index contributed by atoms with van der Waals surface area (Å²) in [7, 11) is -2.42. The van der Waals surface area contributed by atoms with Gasteiger partial charge in [0.25, 0.3) is 5.56 Å². The SMILES string of the molecule is COc1cc(C)n(CCNS(=O)(=O)c2ccc(-c3cccc(C(F)(F)F)c3)cc2)c(=O)c1. The van der Waals surface area contributed by atoms with Crippen molar-refractivity contribution >= 4 is 10.0 Å². The van der Waals surface area contributed by atoms with Crippen molar-refractivity contribution in [3.8, 4) is 16.9 Å². The normalized spacial score (nSPS) is 12.0. The lowest BCUT2D eigenvalue weighted by atomic mass is 10.0. The number of ether oxygens (including phenoxy) is 1. The summed E-state index contributed by atoms with van der Waals surface area (Å²) in [5.74, 6) is 0.421. The Morgan fingerprint density at radius 2 is 1.69 bits per heavy atom. The van der Waals surface area contributed by atoms with Crippen molar-refractivity contribution in [3.05, 3.63) is 82.3 Å². The Balaban J connectivity index is 1.72. The number of hydrogen-bond donors (Lipinski definition) is 1. The van der Waals surface area contributed by atoms with Crippen molar-refractivity contribution in [3.63, 3.8) is 0 Å². The van der Waals surface area contributed by atoms with E-state index in [9.17, 15) is 26.4 Å². The highest BCUT2D eigenvalue weighted by atomic mass is 32.2. The third-order valence-electron chi connectivity index (χ3n) is 4.86. The van der Waals surface area contributed by atoms with Gasteiger partial charge in [0.1, 0.15) is 5.75 Å². The molecule has 0 bridgehead atoms. The first-order valence-electron chi connectivity index (χ1n) is 9.54. The standard InChI is InChI=1S/C22H21F3N2O4S/c1-15-12-19(31-2)14-21(28)27(15)11-10-26-32(29,30)20-8-6-16(7-9-20)17-4-3-5-18(13-17)22(23,24)25/h3-9,12-14,26H,10-11H2,1-2H3. The fourth-order valence-electron chi connectivity index (χ4n) is 3.18. The van der Waals surface area contributed by atoms with Crippen LogP contribution in [0.25, 0.3) is 11.1 Å². The quantitative estimate of drug-likeness (QED) is 0.574. The van der Waals surface area contributed by atoms with Gasteiger partial charge in [-0.05, 0) is 48.4 Å². The summed E-state index contributed by atoms with van der Waals surface area (Å²) in [6.45, 7) is 1.81. The van der Waals surface area contributed by atoms with Crippen LogP contribution in [0.1, 0.15) is 11.3 Å². The zero-order chi connectivity index (χ0) is 23.5. The van der Waals surface area contributed by atoms with E-state index in [-0.39, 0.29) is 23.5 Å². The molecule has 3 rings (SSSR count). The number of aromatic nitrogens is 1. The lowest BCUT2D eigenvalue weighted by Crippen LogP contribution is -2.31. The van der Waals surface area contributed by atoms with Gasteiger partial charge in [-0.1, -0.05) is 24.3 Å². The highest BCUT2D eigenvalue weighted by molar-refractivity contribution is 7.89. The van der Waals surface area contributed by atoms with Gasteiger partial charge in [-0.25, -0.2) is 13.1 Å². The molecule has 2 aromatic carbocycles. The Hall–Kier alpha value is -3.11. The van der Waals surface area contributed by atoms with Gasteiger partial charge in [-0.3, -0.25) is 4.79 Å². The molecular formula is C22H21F3N2O4S. The molecular weight excluding hydrogens is 445 g/mol. The van der Waals surface area contributed by atoms with Gasteiger partial charge in [-0.2, -0.15) is 13.2 Å². The van der Waals surface area contributed by atoms with E-state index in [0.29, 0.717) is 22.6 Å². The van der Waals surface area contributed by atoms with Crippen LogP contribution in [-0.4, -0.2) is 26.6 Å². The van der Waals surface area contributed by atoms with Crippen LogP contribution in [0.15, 0.2) is 70.4 Å². The van der Waals surface area contributed by atoms with Crippen molar-refractivity contribution in [2.75, 3.05) is 13.7 Å². The first-order valence-corrected chi connectivity index (χ1v) is 11.0. The van der Waals surface area contributed by atoms with Crippen molar-refractivity contribution in [2.24, 2.45) is 0 Å². The Bertz CT molecular complexity index is 1270. The molecule has 0 saturated heterocycles. The zero-order valence-corrected chi connectivity index (χ0v) is 18.1. The molecule has 0 unspecified atom stereocenters. The molecule has 170 valence electrons. The van der Waals surface area contributed by atoms with Crippen LogP contribution in [0.4, 0.5) is 13.2 Å². The largest absolute Gasteiger partial charge is 0.496 e. The molecule has 0 aliphatic rings. The number of hydrogen-bond acceptors (Lipinski definition) is 4. The second-order valence-electron chi connectivity index (χ2n) is 7.03. The van der Waals surface area contributed by atoms with Crippen molar-refractivity contribution in [1.29, 1.82) is 0 Å². The summed E-state index contributed by atoms with van der Waals surface area (Å²) in [5, 5.41) is 0. The van der Waals surface area contributed by atoms with Crippen LogP contribution in [0.5, 0.6) is 5.75 Å². The van der Waals surface area contributed by atoms with Crippen molar-refractivity contribution < 1.29 is 26.3 Å². The molecule has 0 amide bonds. The molecule has 0 fully saturated rings. The third kappa shape index (κ3) is 5.38. The number of alkyl halides is 3. The highest BCUT2D eigenvalue weighted by Crippen LogP contribution is 2.32. The summed E-state index contributed by atoms with van der Waals surface area (Å²) in [4.78, 5) is 12.1. The summed E-state index contributed by atoms with van der Waals surface area (Å²) in [6.07, 6.45) is -4.46. The summed E-state index contributed by atoms with van der Waals surface area (Å²) in [5.41, 5.74) is 0.310. The number of rotatable bonds is 7. The number of nitrogens with one attached hydrogen (secondary N) is 1. The smallest absolute Gasteiger partial charge is 0.416 e. The molecule has 1 aromatic heterocycles. The van der Waals surface area contributed by atoms with Crippen LogP contribution in [0.2, 0.25) is 0 Å². The maximum Gasteiger partial charge on any atom is 0.416 e. The zero-order valence-electron chi connectivity index (χ0n) is 17.3. The lowest BCUT2D eigenvalue weighted by molar-refractivity contribution is -0.137. The van der Waals surface area contributed by atoms with Crippen molar-refractivity contribution in [1.82, 2.24) is 9.29 Å². The average Bonchev–Trinajstić information content (AvgIpc) is 2.75. The van der Waals surface area contributed by atoms with Crippen LogP contribution in [0, 0.1) is 6.92 Å². The second kappa shape index (κ2) is 9.17. The van der Waals surface area contributed by atoms with Gasteiger partial charge in [0.15, 0.2) is 0 Å². The van der Waals surface area contributed by atoms with E-state index in [1.165, 1.54) is 54.1 Å². The number of benzene rings is 2. The number of aryl methyl sites for hydroxylation is 1. The molecule has 1 N–H and O–H groups in total. The monoisotopic (exact) mass is 466 g/mol. The minimum atomic E-state index is -4.46. The minimum absolute atomic E-state index is 0.0230. The highest BCUT2D eigenvalue weighted by Gasteiger charge is 2.30. The predicted octanol–water partition coefficient (Wildman–Crippen LogP) is 3.83. The van der Waals surface area contributed by atoms with E-state index >= 15 is 0 Å². The van der Waals surface area contributed by atoms with Gasteiger partial charge >= 0.3 is 6.18 Å². The number of nitrogens with zero attached hydrogens (tertiary/aromatic N) is 1. The first-order chi connectivity index (χ1) is 15.0. The Kier molecular flexibility index (Phi) is 6.75. The molecule has 3 aromatic rings. The fraction of sp³-hybridized carbons (Fsp3) is 0.227. The molecule has 1 heterocycles. The van der Waals surface area contributed by atoms with E-state index in [2.05, 4.69) is 4.72 Å². The van der Waals surface area contributed by atoms with Gasteiger partial charge in [0, 0.05) is 24.8 Å². The molecule has 0 saturated carbocycles. The van der Waals surface area contributed by atoms with E-state index in [1.54, 1.807) is 13.0 Å². The Labute approximate surface area is 183 Å². The molecule has 0 atom stereocenters. The number of pyridine rings is 1. The van der Waals surface area contributed by atoms with Gasteiger partial charge in [0.2, 0.25) is 10.0 Å². The molecule has 10 heteroatoms. The van der Waals surface area contributed by atoms with Crippen molar-refractivity contribution in [2.45, 2.75) is 24.5 Å². The fourth-order valence-corrected chi connectivity index (χ4v) is 4.20. The van der Waals surface area contributed by atoms with Crippen LogP contribution in [0.3, 0.4) is 0 Å². The Morgan fingerprint density at radius 3 is 2.28 bits per heavy atom. The average molecular weight is 466 g/mol. The van der Waals surface area contributed by atoms with Crippen LogP contribution >= 0.6 is 0 Å². The summed E-state index contributed by atoms with van der Waals surface area (Å²) in [6, 6.07) is 13.3. The van der Waals surface area contributed by atoms with E-state index < -0.39 is 21.8 Å². The molecule has 0 radical (unpaired) electrons. The van der Waals surface area contributed by atoms with E-state index in [1.807, 2.05) is 0 Å². The number of methoxy groups -OCH3 is 1. The second-order valence-corrected chi connectivity index (χ2v) is 8.79. The van der Waals surface area contributed by atoms with Crippen LogP contribution in [-0.2, 0) is 22.7 Å². The van der Waals surface area contributed by atoms with Gasteiger partial charge in [-0.15, -0.1) is 0 Å². The lowest BCUT2D eigenvalue weighted by Gasteiger charge is -2.13. The van der Waals surface area contributed by atoms with E-state index in [4.69, 9.17) is 4.74 Å². The van der Waals surface area contributed by atoms with Gasteiger partial charge < -0.3 is 9.30 Å².